The summed E-state index contributed by atoms with van der Waals surface area (Å²) >= 11 is 5.84. The smallest absolute Gasteiger partial charge is 0.325 e. The largest absolute Gasteiger partial charge is 0.439 e. The maximum absolute atomic E-state index is 12.1. The van der Waals surface area contributed by atoms with Gasteiger partial charge in [-0.05, 0) is 38.1 Å². The molecule has 1 aromatic carbocycles. The first-order valence-electron chi connectivity index (χ1n) is 6.71. The summed E-state index contributed by atoms with van der Waals surface area (Å²) in [5, 5.41) is 3.24. The predicted octanol–water partition coefficient (Wildman–Crippen LogP) is 2.83. The average Bonchev–Trinajstić information content (AvgIpc) is 2.99. The highest BCUT2D eigenvalue weighted by Gasteiger charge is 2.44. The Labute approximate surface area is 132 Å². The summed E-state index contributed by atoms with van der Waals surface area (Å²) in [4.78, 5) is 29.2. The summed E-state index contributed by atoms with van der Waals surface area (Å²) in [5.41, 5.74) is -0.0800. The zero-order chi connectivity index (χ0) is 15.9. The molecule has 0 bridgehead atoms. The average molecular weight is 320 g/mol. The van der Waals surface area contributed by atoms with Crippen LogP contribution in [0.3, 0.4) is 0 Å². The Morgan fingerprint density at radius 1 is 1.27 bits per heavy atom. The van der Waals surface area contributed by atoms with Crippen molar-refractivity contribution in [3.8, 4) is 11.3 Å². The molecule has 3 amide bonds. The Hall–Kier alpha value is -2.34. The fourth-order valence-electron chi connectivity index (χ4n) is 2.23. The molecule has 7 heteroatoms. The standard InChI is InChI=1S/C15H14ClN3O3/c1-15(2)13(20)19(14(21)18-15)8-12-17-7-11(22-12)9-3-5-10(16)6-4-9/h3-7H,8H2,1-2H3,(H,18,21). The minimum Gasteiger partial charge on any atom is -0.439 e. The number of benzene rings is 1. The van der Waals surface area contributed by atoms with Crippen LogP contribution in [0, 0.1) is 0 Å². The van der Waals surface area contributed by atoms with Crippen molar-refractivity contribution in [3.63, 3.8) is 0 Å². The van der Waals surface area contributed by atoms with Gasteiger partial charge in [-0.3, -0.25) is 9.69 Å². The summed E-state index contributed by atoms with van der Waals surface area (Å²) in [6, 6.07) is 6.67. The molecule has 0 aliphatic carbocycles. The van der Waals surface area contributed by atoms with Gasteiger partial charge < -0.3 is 9.73 Å². The minimum absolute atomic E-state index is 0.00167. The number of rotatable bonds is 3. The summed E-state index contributed by atoms with van der Waals surface area (Å²) in [7, 11) is 0. The molecule has 3 rings (SSSR count). The topological polar surface area (TPSA) is 75.4 Å². The number of halogens is 1. The van der Waals surface area contributed by atoms with Crippen molar-refractivity contribution in [2.75, 3.05) is 0 Å². The van der Waals surface area contributed by atoms with Crippen LogP contribution in [-0.4, -0.2) is 27.4 Å². The van der Waals surface area contributed by atoms with Gasteiger partial charge in [0.1, 0.15) is 12.1 Å². The first kappa shape index (κ1) is 14.6. The van der Waals surface area contributed by atoms with Gasteiger partial charge in [0, 0.05) is 10.6 Å². The Kier molecular flexibility index (Phi) is 3.41. The fraction of sp³-hybridized carbons (Fsp3) is 0.267. The molecule has 2 aromatic rings. The van der Waals surface area contributed by atoms with E-state index in [2.05, 4.69) is 10.3 Å². The van der Waals surface area contributed by atoms with Gasteiger partial charge in [-0.2, -0.15) is 0 Å². The van der Waals surface area contributed by atoms with Crippen molar-refractivity contribution in [1.29, 1.82) is 0 Å². The Morgan fingerprint density at radius 3 is 2.55 bits per heavy atom. The minimum atomic E-state index is -0.900. The van der Waals surface area contributed by atoms with E-state index in [1.165, 1.54) is 0 Å². The monoisotopic (exact) mass is 319 g/mol. The van der Waals surface area contributed by atoms with Crippen LogP contribution in [0.25, 0.3) is 11.3 Å². The highest BCUT2D eigenvalue weighted by atomic mass is 35.5. The number of carbonyl (C=O) groups excluding carboxylic acids is 2. The lowest BCUT2D eigenvalue weighted by atomic mass is 10.1. The number of amides is 3. The third kappa shape index (κ3) is 2.57. The van der Waals surface area contributed by atoms with E-state index in [1.54, 1.807) is 32.2 Å². The summed E-state index contributed by atoms with van der Waals surface area (Å²) in [6.07, 6.45) is 1.56. The van der Waals surface area contributed by atoms with E-state index in [9.17, 15) is 9.59 Å². The van der Waals surface area contributed by atoms with Gasteiger partial charge in [-0.15, -0.1) is 0 Å². The first-order chi connectivity index (χ1) is 10.4. The van der Waals surface area contributed by atoms with Gasteiger partial charge in [0.05, 0.1) is 6.20 Å². The number of nitrogens with one attached hydrogen (secondary N) is 1. The molecule has 1 aliphatic heterocycles. The molecular formula is C15H14ClN3O3. The number of hydrogen-bond donors (Lipinski definition) is 1. The quantitative estimate of drug-likeness (QED) is 0.883. The van der Waals surface area contributed by atoms with E-state index in [1.807, 2.05) is 12.1 Å². The lowest BCUT2D eigenvalue weighted by molar-refractivity contribution is -0.130. The van der Waals surface area contributed by atoms with Crippen molar-refractivity contribution >= 4 is 23.5 Å². The van der Waals surface area contributed by atoms with E-state index in [-0.39, 0.29) is 12.5 Å². The number of aromatic nitrogens is 1. The Balaban J connectivity index is 1.79. The molecule has 1 N–H and O–H groups in total. The van der Waals surface area contributed by atoms with E-state index in [0.717, 1.165) is 10.5 Å². The molecule has 0 radical (unpaired) electrons. The number of oxazole rings is 1. The van der Waals surface area contributed by atoms with Gasteiger partial charge in [-0.25, -0.2) is 9.78 Å². The lowest BCUT2D eigenvalue weighted by Crippen LogP contribution is -2.40. The second kappa shape index (κ2) is 5.14. The van der Waals surface area contributed by atoms with Crippen molar-refractivity contribution in [3.05, 3.63) is 41.4 Å². The van der Waals surface area contributed by atoms with E-state index in [4.69, 9.17) is 16.0 Å². The zero-order valence-electron chi connectivity index (χ0n) is 12.1. The molecule has 0 spiro atoms. The molecule has 114 valence electrons. The molecule has 2 heterocycles. The maximum atomic E-state index is 12.1. The van der Waals surface area contributed by atoms with Crippen LogP contribution in [0.1, 0.15) is 19.7 Å². The van der Waals surface area contributed by atoms with Crippen molar-refractivity contribution in [2.24, 2.45) is 0 Å². The summed E-state index contributed by atoms with van der Waals surface area (Å²) in [6.45, 7) is 3.31. The second-order valence-corrected chi connectivity index (χ2v) is 6.01. The van der Waals surface area contributed by atoms with Gasteiger partial charge in [0.2, 0.25) is 5.89 Å². The zero-order valence-corrected chi connectivity index (χ0v) is 12.8. The number of imide groups is 1. The molecule has 0 unspecified atom stereocenters. The third-order valence-electron chi connectivity index (χ3n) is 3.42. The molecule has 1 fully saturated rings. The van der Waals surface area contributed by atoms with E-state index in [0.29, 0.717) is 16.7 Å². The summed E-state index contributed by atoms with van der Waals surface area (Å²) < 4.78 is 5.61. The molecule has 1 saturated heterocycles. The van der Waals surface area contributed by atoms with E-state index < -0.39 is 11.6 Å². The van der Waals surface area contributed by atoms with Gasteiger partial charge in [0.15, 0.2) is 5.76 Å². The predicted molar refractivity (Wildman–Crippen MR) is 80.1 cm³/mol. The van der Waals surface area contributed by atoms with Crippen LogP contribution >= 0.6 is 11.6 Å². The summed E-state index contributed by atoms with van der Waals surface area (Å²) in [5.74, 6) is 0.549. The van der Waals surface area contributed by atoms with Gasteiger partial charge >= 0.3 is 6.03 Å². The van der Waals surface area contributed by atoms with Gasteiger partial charge in [0.25, 0.3) is 5.91 Å². The molecule has 0 atom stereocenters. The Morgan fingerprint density at radius 2 is 1.95 bits per heavy atom. The molecule has 1 aromatic heterocycles. The number of nitrogens with zero attached hydrogens (tertiary/aromatic N) is 2. The molecule has 22 heavy (non-hydrogen) atoms. The van der Waals surface area contributed by atoms with Crippen LogP contribution in [0.2, 0.25) is 5.02 Å². The number of hydrogen-bond acceptors (Lipinski definition) is 4. The van der Waals surface area contributed by atoms with Crippen molar-refractivity contribution in [1.82, 2.24) is 15.2 Å². The Bertz CT molecular complexity index is 737. The van der Waals surface area contributed by atoms with E-state index >= 15 is 0 Å². The van der Waals surface area contributed by atoms with Crippen LogP contribution in [-0.2, 0) is 11.3 Å². The maximum Gasteiger partial charge on any atom is 0.325 e. The number of urea groups is 1. The van der Waals surface area contributed by atoms with Crippen LogP contribution in [0.15, 0.2) is 34.9 Å². The highest BCUT2D eigenvalue weighted by Crippen LogP contribution is 2.24. The molecule has 6 nitrogen and oxygen atoms in total. The normalized spacial score (nSPS) is 17.0. The van der Waals surface area contributed by atoms with Crippen molar-refractivity contribution < 1.29 is 14.0 Å². The van der Waals surface area contributed by atoms with Crippen LogP contribution in [0.5, 0.6) is 0 Å². The fourth-order valence-corrected chi connectivity index (χ4v) is 2.35. The van der Waals surface area contributed by atoms with Crippen LogP contribution in [0.4, 0.5) is 4.79 Å². The molecule has 0 saturated carbocycles. The SMILES string of the molecule is CC1(C)NC(=O)N(Cc2ncc(-c3ccc(Cl)cc3)o2)C1=O. The highest BCUT2D eigenvalue weighted by molar-refractivity contribution is 6.30. The molecular weight excluding hydrogens is 306 g/mol. The molecule has 1 aliphatic rings. The third-order valence-corrected chi connectivity index (χ3v) is 3.67. The second-order valence-electron chi connectivity index (χ2n) is 5.57. The van der Waals surface area contributed by atoms with Gasteiger partial charge in [-0.1, -0.05) is 11.6 Å². The van der Waals surface area contributed by atoms with Crippen molar-refractivity contribution in [2.45, 2.75) is 25.9 Å². The lowest BCUT2D eigenvalue weighted by Gasteiger charge is -2.14. The first-order valence-corrected chi connectivity index (χ1v) is 7.09. The van der Waals surface area contributed by atoms with Crippen LogP contribution < -0.4 is 5.32 Å². The number of carbonyl (C=O) groups is 2.